The van der Waals surface area contributed by atoms with Gasteiger partial charge >= 0.3 is 0 Å². The fraction of sp³-hybridized carbons (Fsp3) is 0.0519. The summed E-state index contributed by atoms with van der Waals surface area (Å²) in [6.07, 6.45) is 0. The molecule has 0 saturated heterocycles. The van der Waals surface area contributed by atoms with Crippen molar-refractivity contribution >= 4 is 124 Å². The summed E-state index contributed by atoms with van der Waals surface area (Å²) in [5.74, 6) is 2.68. The van der Waals surface area contributed by atoms with Gasteiger partial charge in [-0.05, 0) is 246 Å². The molecule has 0 N–H and O–H groups in total. The molecule has 0 unspecified atom stereocenters. The van der Waals surface area contributed by atoms with E-state index in [2.05, 4.69) is 332 Å². The van der Waals surface area contributed by atoms with Gasteiger partial charge in [0.15, 0.2) is 0 Å². The fourth-order valence-corrected chi connectivity index (χ4v) is 22.8. The third kappa shape index (κ3) is 16.2. The van der Waals surface area contributed by atoms with Crippen LogP contribution in [-0.4, -0.2) is 13.4 Å². The van der Waals surface area contributed by atoms with Crippen molar-refractivity contribution in [2.24, 2.45) is 0 Å². The number of para-hydroxylation sites is 4. The van der Waals surface area contributed by atoms with Gasteiger partial charge in [-0.3, -0.25) is 0 Å². The highest BCUT2D eigenvalue weighted by molar-refractivity contribution is 6.99. The summed E-state index contributed by atoms with van der Waals surface area (Å²) in [6.45, 7) is 15.6. The van der Waals surface area contributed by atoms with E-state index in [0.717, 1.165) is 184 Å². The fourth-order valence-electron chi connectivity index (χ4n) is 22.8. The van der Waals surface area contributed by atoms with E-state index in [1.54, 1.807) is 12.1 Å². The number of rotatable bonds is 19. The highest BCUT2D eigenvalue weighted by Crippen LogP contribution is 2.54. The number of nitrogens with zero attached hydrogens (tertiary/aromatic N) is 2. The zero-order valence-corrected chi connectivity index (χ0v) is 81.0. The summed E-state index contributed by atoms with van der Waals surface area (Å²) in [4.78, 5) is 4.12. The van der Waals surface area contributed by atoms with Crippen LogP contribution in [0.3, 0.4) is 0 Å². The third-order valence-corrected chi connectivity index (χ3v) is 29.1. The Kier molecular flexibility index (Phi) is 23.2. The van der Waals surface area contributed by atoms with E-state index in [0.29, 0.717) is 11.4 Å². The highest BCUT2D eigenvalue weighted by atomic mass is 19.1. The molecule has 0 amide bonds. The molecule has 23 aromatic rings. The SMILES string of the molecule is Cc1cc(C)c(B(c2c(C)cc(C)cc2C)c2ccc3c4c(cccc24)Oc2cc(-c4ccc(N(c5ccccc5-c5ccccc5)c5c(F)cc(-c6ccccc6)cc5-c5ccccc5)cc4)ccc2-3)c(C)c1.Cc1ccccc1B(c1ccc2c3c(cccc13)Oc1cc(-c3ccc(N(c4ccccc4)c4c(F)cc(-c5ccccc5)cc4-c4ccccc4)cc3)ccc1-2)c1cccc2c1oc1ccccc12. The van der Waals surface area contributed by atoms with Gasteiger partial charge in [-0.1, -0.05) is 424 Å². The molecular weight excluding hydrogens is 1760 g/mol. The van der Waals surface area contributed by atoms with E-state index in [9.17, 15) is 0 Å². The number of fused-ring (bicyclic) bond motifs is 7. The first kappa shape index (κ1) is 89.0. The van der Waals surface area contributed by atoms with Gasteiger partial charge in [-0.2, -0.15) is 0 Å². The van der Waals surface area contributed by atoms with Crippen LogP contribution in [0.15, 0.2) is 472 Å². The first-order valence-electron chi connectivity index (χ1n) is 49.4. The predicted molar refractivity (Wildman–Crippen MR) is 602 cm³/mol. The van der Waals surface area contributed by atoms with Gasteiger partial charge in [-0.15, -0.1) is 0 Å². The minimum Gasteiger partial charge on any atom is -0.457 e. The van der Waals surface area contributed by atoms with E-state index in [4.69, 9.17) is 13.9 Å². The number of hydrogen-bond acceptors (Lipinski definition) is 5. The van der Waals surface area contributed by atoms with Crippen LogP contribution in [0, 0.1) is 60.1 Å². The molecule has 0 aliphatic carbocycles. The second-order valence-electron chi connectivity index (χ2n) is 38.2. The lowest BCUT2D eigenvalue weighted by atomic mass is 9.33. The number of anilines is 6. The van der Waals surface area contributed by atoms with Crippen molar-refractivity contribution in [2.75, 3.05) is 9.80 Å². The average Bonchev–Trinajstić information content (AvgIpc) is 1.04. The quantitative estimate of drug-likeness (QED) is 0.0755. The lowest BCUT2D eigenvalue weighted by Crippen LogP contribution is -2.56. The van der Waals surface area contributed by atoms with E-state index in [-0.39, 0.29) is 25.1 Å². The van der Waals surface area contributed by atoms with E-state index in [1.165, 1.54) is 77.2 Å². The Morgan fingerprint density at radius 3 is 1.08 bits per heavy atom. The second kappa shape index (κ2) is 37.5. The molecule has 9 heteroatoms. The summed E-state index contributed by atoms with van der Waals surface area (Å²) in [5, 5.41) is 6.82. The standard InChI is InChI=1S/C70H55BFNO.C65H43BFNO2/c1-44-37-46(3)68(47(4)38-44)71(69-48(5)39-45(2)40-49(69)6)62-36-35-59-58-34-31-54(43-66(58)74-65-28-18-26-60(62)67(59)65)51-29-32-56(33-30-51)73(64-27-17-16-25-57(64)52-21-12-8-13-22-52)70-61(53-23-14-9-15-24-53)41-55(42-63(70)72)50-19-10-7-11-20-50;1-42-17-11-13-27-56(42)66(58-28-15-25-53-50-24-12-14-29-60(50)70-65(53)58)57-38-37-52-51-36-33-46(41-62(51)69-61-30-16-26-54(57)63(52)61)44-31-34-49(35-32-44)68(48-22-9-4-10-23-48)64-55(45-20-7-3-8-21-45)39-47(40-59(64)67)43-18-5-2-6-19-43/h7-43H,1-6H3;2-41H,1H3. The molecule has 3 heterocycles. The van der Waals surface area contributed by atoms with Gasteiger partial charge in [-0.25, -0.2) is 8.78 Å². The molecule has 22 aromatic carbocycles. The molecule has 25 rings (SSSR count). The molecule has 0 atom stereocenters. The van der Waals surface area contributed by atoms with Gasteiger partial charge in [0.1, 0.15) is 45.8 Å². The van der Waals surface area contributed by atoms with Crippen molar-refractivity contribution in [2.45, 2.75) is 48.5 Å². The molecule has 0 fully saturated rings. The van der Waals surface area contributed by atoms with Gasteiger partial charge < -0.3 is 23.7 Å². The number of hydrogen-bond donors (Lipinski definition) is 0. The minimum absolute atomic E-state index is 0.0325. The zero-order valence-electron chi connectivity index (χ0n) is 81.0. The second-order valence-corrected chi connectivity index (χ2v) is 38.2. The van der Waals surface area contributed by atoms with Gasteiger partial charge in [0.05, 0.1) is 17.1 Å². The van der Waals surface area contributed by atoms with Crippen molar-refractivity contribution in [3.63, 3.8) is 0 Å². The van der Waals surface area contributed by atoms with E-state index >= 15 is 8.78 Å². The van der Waals surface area contributed by atoms with Gasteiger partial charge in [0.2, 0.25) is 13.4 Å². The first-order valence-corrected chi connectivity index (χ1v) is 49.4. The maximum atomic E-state index is 17.6. The van der Waals surface area contributed by atoms with E-state index < -0.39 is 0 Å². The predicted octanol–water partition coefficient (Wildman–Crippen LogP) is 33.2. The van der Waals surface area contributed by atoms with Crippen LogP contribution >= 0.6 is 0 Å². The van der Waals surface area contributed by atoms with Gasteiger partial charge in [0, 0.05) is 66.4 Å². The molecule has 2 aliphatic heterocycles. The van der Waals surface area contributed by atoms with Crippen LogP contribution in [0.25, 0.3) is 144 Å². The van der Waals surface area contributed by atoms with Gasteiger partial charge in [0.25, 0.3) is 0 Å². The third-order valence-electron chi connectivity index (χ3n) is 29.1. The molecule has 686 valence electrons. The first-order chi connectivity index (χ1) is 70.6. The average molecular weight is 1860 g/mol. The topological polar surface area (TPSA) is 38.1 Å². The van der Waals surface area contributed by atoms with Crippen molar-refractivity contribution in [1.29, 1.82) is 0 Å². The maximum Gasteiger partial charge on any atom is 0.247 e. The zero-order chi connectivity index (χ0) is 97.3. The summed E-state index contributed by atoms with van der Waals surface area (Å²) in [5.41, 5.74) is 40.3. The Morgan fingerprint density at radius 1 is 0.215 bits per heavy atom. The summed E-state index contributed by atoms with van der Waals surface area (Å²) in [6, 6.07) is 161. The van der Waals surface area contributed by atoms with Crippen LogP contribution < -0.4 is 52.1 Å². The Morgan fingerprint density at radius 2 is 0.583 bits per heavy atom. The van der Waals surface area contributed by atoms with Crippen molar-refractivity contribution in [3.8, 4) is 123 Å². The van der Waals surface area contributed by atoms with E-state index in [1.807, 2.05) is 181 Å². The van der Waals surface area contributed by atoms with Crippen LogP contribution in [0.2, 0.25) is 0 Å². The molecule has 1 aromatic heterocycles. The number of furan rings is 1. The van der Waals surface area contributed by atoms with Crippen molar-refractivity contribution in [1.82, 2.24) is 0 Å². The molecule has 2 aliphatic rings. The Bertz CT molecular complexity index is 8820. The van der Waals surface area contributed by atoms with Crippen LogP contribution in [0.1, 0.15) is 38.9 Å². The molecule has 0 saturated carbocycles. The summed E-state index contributed by atoms with van der Waals surface area (Å²) >= 11 is 0. The molecule has 0 spiro atoms. The molecule has 0 radical (unpaired) electrons. The highest BCUT2D eigenvalue weighted by Gasteiger charge is 2.36. The lowest BCUT2D eigenvalue weighted by Gasteiger charge is -2.31. The molecule has 144 heavy (non-hydrogen) atoms. The molecule has 5 nitrogen and oxygen atoms in total. The van der Waals surface area contributed by atoms with Crippen LogP contribution in [0.4, 0.5) is 42.9 Å². The lowest BCUT2D eigenvalue weighted by molar-refractivity contribution is 0.487. The van der Waals surface area contributed by atoms with Crippen LogP contribution in [-0.2, 0) is 0 Å². The Balaban J connectivity index is 0.000000155. The molecular formula is C135H98B2F2N2O3. The Labute approximate surface area is 839 Å². The minimum atomic E-state index is -0.317. The normalized spacial score (nSPS) is 11.6. The number of ether oxygens (including phenoxy) is 2. The number of benzene rings is 22. The Hall–Kier alpha value is -17.7. The summed E-state index contributed by atoms with van der Waals surface area (Å²) < 4.78 is 55.2. The summed E-state index contributed by atoms with van der Waals surface area (Å²) in [7, 11) is 0. The smallest absolute Gasteiger partial charge is 0.247 e. The van der Waals surface area contributed by atoms with Crippen molar-refractivity contribution in [3.05, 3.63) is 518 Å². The monoisotopic (exact) mass is 1850 g/mol. The van der Waals surface area contributed by atoms with Crippen LogP contribution in [0.5, 0.6) is 23.0 Å². The number of halogens is 2. The van der Waals surface area contributed by atoms with Crippen molar-refractivity contribution < 1.29 is 22.7 Å². The largest absolute Gasteiger partial charge is 0.457 e. The molecule has 0 bridgehead atoms. The maximum absolute atomic E-state index is 17.6. The number of aryl methyl sites for hydroxylation is 7.